The number of halogens is 1. The van der Waals surface area contributed by atoms with Gasteiger partial charge in [0.25, 0.3) is 5.91 Å². The van der Waals surface area contributed by atoms with Gasteiger partial charge in [0.1, 0.15) is 6.10 Å². The molecule has 0 N–H and O–H groups in total. The fourth-order valence-electron chi connectivity index (χ4n) is 3.14. The third-order valence-electron chi connectivity index (χ3n) is 4.67. The maximum absolute atomic E-state index is 13.8. The second kappa shape index (κ2) is 7.71. The Bertz CT molecular complexity index is 967. The van der Waals surface area contributed by atoms with E-state index in [1.807, 2.05) is 13.2 Å². The van der Waals surface area contributed by atoms with Crippen LogP contribution in [-0.2, 0) is 7.05 Å². The highest BCUT2D eigenvalue weighted by molar-refractivity contribution is 5.94. The van der Waals surface area contributed by atoms with Gasteiger partial charge in [-0.1, -0.05) is 0 Å². The molecule has 9 heteroatoms. The molecule has 144 valence electrons. The molecule has 1 fully saturated rings. The first-order chi connectivity index (χ1) is 13.6. The van der Waals surface area contributed by atoms with Gasteiger partial charge in [-0.05, 0) is 6.07 Å². The molecule has 1 aliphatic heterocycles. The Morgan fingerprint density at radius 3 is 2.54 bits per heavy atom. The molecule has 3 aromatic heterocycles. The summed E-state index contributed by atoms with van der Waals surface area (Å²) in [6.45, 7) is 0.970. The van der Waals surface area contributed by atoms with Crippen molar-refractivity contribution in [2.45, 2.75) is 18.9 Å². The predicted octanol–water partition coefficient (Wildman–Crippen LogP) is 2.09. The molecule has 0 radical (unpaired) electrons. The standard InChI is InChI=1S/C19H19FN6O2/c1-25-12-14(10-24-25)13-8-22-19(23-9-13)28-15-3-6-26(7-4-15)18(27)16-2-5-21-11-17(16)20/h2,5,8-12,15H,3-4,6-7H2,1H3. The number of likely N-dealkylation sites (tertiary alicyclic amines) is 1. The number of hydrogen-bond acceptors (Lipinski definition) is 6. The van der Waals surface area contributed by atoms with Crippen molar-refractivity contribution in [3.63, 3.8) is 0 Å². The van der Waals surface area contributed by atoms with Crippen LogP contribution in [0.5, 0.6) is 6.01 Å². The van der Waals surface area contributed by atoms with Gasteiger partial charge in [-0.3, -0.25) is 14.5 Å². The van der Waals surface area contributed by atoms with Crippen LogP contribution in [0.4, 0.5) is 4.39 Å². The summed E-state index contributed by atoms with van der Waals surface area (Å²) in [5, 5.41) is 4.13. The molecule has 0 aliphatic carbocycles. The minimum atomic E-state index is -0.604. The number of pyridine rings is 1. The van der Waals surface area contributed by atoms with Gasteiger partial charge in [-0.25, -0.2) is 14.4 Å². The lowest BCUT2D eigenvalue weighted by Gasteiger charge is -2.31. The van der Waals surface area contributed by atoms with Crippen LogP contribution in [0.25, 0.3) is 11.1 Å². The van der Waals surface area contributed by atoms with Crippen LogP contribution in [0, 0.1) is 5.82 Å². The van der Waals surface area contributed by atoms with Crippen molar-refractivity contribution in [2.24, 2.45) is 7.05 Å². The molecular weight excluding hydrogens is 363 g/mol. The summed E-state index contributed by atoms with van der Waals surface area (Å²) in [6.07, 6.45) is 10.7. The summed E-state index contributed by atoms with van der Waals surface area (Å²) in [5.74, 6) is -0.927. The molecule has 0 saturated carbocycles. The molecule has 1 aliphatic rings. The number of aromatic nitrogens is 5. The van der Waals surface area contributed by atoms with E-state index in [0.717, 1.165) is 17.3 Å². The second-order valence-corrected chi connectivity index (χ2v) is 6.62. The zero-order valence-corrected chi connectivity index (χ0v) is 15.3. The number of rotatable bonds is 4. The van der Waals surface area contributed by atoms with E-state index in [0.29, 0.717) is 31.9 Å². The number of hydrogen-bond donors (Lipinski definition) is 0. The molecule has 0 unspecified atom stereocenters. The van der Waals surface area contributed by atoms with Gasteiger partial charge in [0, 0.05) is 68.9 Å². The SMILES string of the molecule is Cn1cc(-c2cnc(OC3CCN(C(=O)c4ccncc4F)CC3)nc2)cn1. The monoisotopic (exact) mass is 382 g/mol. The number of aryl methyl sites for hydroxylation is 1. The predicted molar refractivity (Wildman–Crippen MR) is 98.0 cm³/mol. The second-order valence-electron chi connectivity index (χ2n) is 6.62. The molecule has 0 atom stereocenters. The lowest BCUT2D eigenvalue weighted by atomic mass is 10.1. The van der Waals surface area contributed by atoms with Crippen LogP contribution in [0.15, 0.2) is 43.2 Å². The first kappa shape index (κ1) is 18.0. The summed E-state index contributed by atoms with van der Waals surface area (Å²) in [4.78, 5) is 26.3. The number of amides is 1. The van der Waals surface area contributed by atoms with Crippen molar-refractivity contribution < 1.29 is 13.9 Å². The lowest BCUT2D eigenvalue weighted by Crippen LogP contribution is -2.42. The molecule has 0 aromatic carbocycles. The zero-order valence-electron chi connectivity index (χ0n) is 15.3. The largest absolute Gasteiger partial charge is 0.460 e. The summed E-state index contributed by atoms with van der Waals surface area (Å²) < 4.78 is 21.3. The summed E-state index contributed by atoms with van der Waals surface area (Å²) >= 11 is 0. The van der Waals surface area contributed by atoms with E-state index in [1.165, 1.54) is 12.3 Å². The van der Waals surface area contributed by atoms with Crippen molar-refractivity contribution in [1.82, 2.24) is 29.6 Å². The molecule has 28 heavy (non-hydrogen) atoms. The topological polar surface area (TPSA) is 86.0 Å². The highest BCUT2D eigenvalue weighted by Gasteiger charge is 2.26. The Balaban J connectivity index is 1.33. The van der Waals surface area contributed by atoms with E-state index < -0.39 is 5.82 Å². The van der Waals surface area contributed by atoms with E-state index in [2.05, 4.69) is 20.1 Å². The highest BCUT2D eigenvalue weighted by Crippen LogP contribution is 2.21. The van der Waals surface area contributed by atoms with Crippen molar-refractivity contribution in [3.05, 3.63) is 54.6 Å². The quantitative estimate of drug-likeness (QED) is 0.687. The van der Waals surface area contributed by atoms with Gasteiger partial charge >= 0.3 is 6.01 Å². The molecular formula is C19H19FN6O2. The van der Waals surface area contributed by atoms with Gasteiger partial charge in [0.15, 0.2) is 5.82 Å². The van der Waals surface area contributed by atoms with Gasteiger partial charge in [-0.15, -0.1) is 0 Å². The zero-order chi connectivity index (χ0) is 19.5. The number of piperidine rings is 1. The van der Waals surface area contributed by atoms with Gasteiger partial charge in [0.05, 0.1) is 18.0 Å². The first-order valence-corrected chi connectivity index (χ1v) is 8.96. The van der Waals surface area contributed by atoms with Crippen LogP contribution < -0.4 is 4.74 Å². The Kier molecular flexibility index (Phi) is 4.96. The number of carbonyl (C=O) groups is 1. The third kappa shape index (κ3) is 3.83. The smallest absolute Gasteiger partial charge is 0.316 e. The number of nitrogens with zero attached hydrogens (tertiary/aromatic N) is 6. The van der Waals surface area contributed by atoms with Crippen molar-refractivity contribution in [3.8, 4) is 17.1 Å². The number of carbonyl (C=O) groups excluding carboxylic acids is 1. The van der Waals surface area contributed by atoms with E-state index in [1.54, 1.807) is 28.2 Å². The molecule has 4 heterocycles. The van der Waals surface area contributed by atoms with Gasteiger partial charge in [-0.2, -0.15) is 5.10 Å². The summed E-state index contributed by atoms with van der Waals surface area (Å²) in [5.41, 5.74) is 1.84. The van der Waals surface area contributed by atoms with Crippen molar-refractivity contribution >= 4 is 5.91 Å². The first-order valence-electron chi connectivity index (χ1n) is 8.96. The Labute approximate surface area is 161 Å². The van der Waals surface area contributed by atoms with E-state index in [-0.39, 0.29) is 17.6 Å². The minimum Gasteiger partial charge on any atom is -0.460 e. The van der Waals surface area contributed by atoms with Gasteiger partial charge < -0.3 is 9.64 Å². The Morgan fingerprint density at radius 1 is 1.14 bits per heavy atom. The molecule has 1 amide bonds. The van der Waals surface area contributed by atoms with Crippen molar-refractivity contribution in [1.29, 1.82) is 0 Å². The minimum absolute atomic E-state index is 0.0451. The van der Waals surface area contributed by atoms with Crippen molar-refractivity contribution in [2.75, 3.05) is 13.1 Å². The van der Waals surface area contributed by atoms with Crippen LogP contribution in [0.2, 0.25) is 0 Å². The molecule has 0 bridgehead atoms. The molecule has 1 saturated heterocycles. The molecule has 8 nitrogen and oxygen atoms in total. The number of ether oxygens (including phenoxy) is 1. The van der Waals surface area contributed by atoms with Crippen LogP contribution >= 0.6 is 0 Å². The summed E-state index contributed by atoms with van der Waals surface area (Å²) in [6, 6.07) is 1.70. The van der Waals surface area contributed by atoms with E-state index in [9.17, 15) is 9.18 Å². The fourth-order valence-corrected chi connectivity index (χ4v) is 3.14. The molecule has 3 aromatic rings. The average Bonchev–Trinajstić information content (AvgIpc) is 3.15. The molecule has 4 rings (SSSR count). The average molecular weight is 382 g/mol. The van der Waals surface area contributed by atoms with Crippen LogP contribution in [-0.4, -0.2) is 54.7 Å². The van der Waals surface area contributed by atoms with Crippen LogP contribution in [0.1, 0.15) is 23.2 Å². The van der Waals surface area contributed by atoms with E-state index in [4.69, 9.17) is 4.74 Å². The lowest BCUT2D eigenvalue weighted by molar-refractivity contribution is 0.0574. The maximum Gasteiger partial charge on any atom is 0.316 e. The van der Waals surface area contributed by atoms with Crippen LogP contribution in [0.3, 0.4) is 0 Å². The Hall–Kier alpha value is -3.36. The Morgan fingerprint density at radius 2 is 1.89 bits per heavy atom. The summed E-state index contributed by atoms with van der Waals surface area (Å²) in [7, 11) is 1.85. The highest BCUT2D eigenvalue weighted by atomic mass is 19.1. The normalized spacial score (nSPS) is 14.9. The van der Waals surface area contributed by atoms with E-state index >= 15 is 0 Å². The maximum atomic E-state index is 13.8. The van der Waals surface area contributed by atoms with Gasteiger partial charge in [0.2, 0.25) is 0 Å². The molecule has 0 spiro atoms. The third-order valence-corrected chi connectivity index (χ3v) is 4.67. The fraction of sp³-hybridized carbons (Fsp3) is 0.316.